The fourth-order valence-electron chi connectivity index (χ4n) is 5.40. The zero-order valence-corrected chi connectivity index (χ0v) is 26.3. The number of benzene rings is 2. The van der Waals surface area contributed by atoms with Crippen molar-refractivity contribution in [3.05, 3.63) is 88.2 Å². The van der Waals surface area contributed by atoms with Crippen molar-refractivity contribution in [1.82, 2.24) is 13.8 Å². The second kappa shape index (κ2) is 13.8. The second-order valence-corrected chi connectivity index (χ2v) is 14.1. The minimum absolute atomic E-state index is 0.00275. The number of nitrogens with zero attached hydrogens (tertiary/aromatic N) is 3. The van der Waals surface area contributed by atoms with Crippen molar-refractivity contribution in [2.45, 2.75) is 76.2 Å². The van der Waals surface area contributed by atoms with Gasteiger partial charge in [-0.15, -0.1) is 0 Å². The number of aromatic nitrogens is 1. The number of halogens is 4. The Hall–Kier alpha value is -2.63. The van der Waals surface area contributed by atoms with Gasteiger partial charge in [-0.2, -0.15) is 17.5 Å². The van der Waals surface area contributed by atoms with Crippen LogP contribution in [0.3, 0.4) is 0 Å². The standard InChI is InChI=1S/C31H37BrF3N3O3S/c1-23(2)19-37(42(40,41)29-12-6-8-25(18-29)31(33,34)35)22-30(39)38(27-9-4-3-5-10-27)21-28-11-7-17-36(28)20-24-13-15-26(32)16-14-24/h6-8,11-18,23,27H,3-5,9-10,19-22H2,1-2H3. The average molecular weight is 669 g/mol. The summed E-state index contributed by atoms with van der Waals surface area (Å²) in [5.41, 5.74) is 0.976. The van der Waals surface area contributed by atoms with Crippen LogP contribution in [0.1, 0.15) is 62.8 Å². The molecule has 42 heavy (non-hydrogen) atoms. The number of amides is 1. The Morgan fingerprint density at radius 1 is 1.02 bits per heavy atom. The van der Waals surface area contributed by atoms with Gasteiger partial charge in [0.1, 0.15) is 0 Å². The molecule has 0 unspecified atom stereocenters. The van der Waals surface area contributed by atoms with Crippen molar-refractivity contribution in [3.63, 3.8) is 0 Å². The molecule has 1 heterocycles. The topological polar surface area (TPSA) is 62.6 Å². The quantitative estimate of drug-likeness (QED) is 0.215. The Balaban J connectivity index is 1.61. The minimum Gasteiger partial charge on any atom is -0.345 e. The Bertz CT molecular complexity index is 1450. The fourth-order valence-corrected chi connectivity index (χ4v) is 7.26. The molecule has 6 nitrogen and oxygen atoms in total. The highest BCUT2D eigenvalue weighted by atomic mass is 79.9. The lowest BCUT2D eigenvalue weighted by Gasteiger charge is -2.36. The highest BCUT2D eigenvalue weighted by Crippen LogP contribution is 2.32. The van der Waals surface area contributed by atoms with Crippen LogP contribution in [0.4, 0.5) is 13.2 Å². The third-order valence-corrected chi connectivity index (χ3v) is 9.87. The Morgan fingerprint density at radius 3 is 2.36 bits per heavy atom. The van der Waals surface area contributed by atoms with Crippen molar-refractivity contribution >= 4 is 31.9 Å². The molecule has 0 spiro atoms. The van der Waals surface area contributed by atoms with E-state index in [1.54, 1.807) is 4.90 Å². The average Bonchev–Trinajstić information content (AvgIpc) is 3.38. The maximum absolute atomic E-state index is 14.0. The summed E-state index contributed by atoms with van der Waals surface area (Å²) in [5, 5.41) is 0. The van der Waals surface area contributed by atoms with Crippen molar-refractivity contribution in [2.75, 3.05) is 13.1 Å². The molecule has 0 atom stereocenters. The second-order valence-electron chi connectivity index (χ2n) is 11.3. The molecule has 3 aromatic rings. The number of alkyl halides is 3. The van der Waals surface area contributed by atoms with E-state index in [4.69, 9.17) is 0 Å². The summed E-state index contributed by atoms with van der Waals surface area (Å²) in [4.78, 5) is 15.3. The lowest BCUT2D eigenvalue weighted by molar-refractivity contribution is -0.138. The van der Waals surface area contributed by atoms with E-state index < -0.39 is 33.2 Å². The molecule has 0 aliphatic heterocycles. The van der Waals surface area contributed by atoms with Gasteiger partial charge in [-0.1, -0.05) is 67.2 Å². The molecule has 1 fully saturated rings. The first-order valence-electron chi connectivity index (χ1n) is 14.2. The summed E-state index contributed by atoms with van der Waals surface area (Å²) < 4.78 is 71.6. The van der Waals surface area contributed by atoms with E-state index >= 15 is 0 Å². The maximum atomic E-state index is 14.0. The van der Waals surface area contributed by atoms with Crippen LogP contribution in [0.15, 0.2) is 76.2 Å². The maximum Gasteiger partial charge on any atom is 0.416 e. The molecule has 1 aromatic heterocycles. The SMILES string of the molecule is CC(C)CN(CC(=O)N(Cc1cccn1Cc1ccc(Br)cc1)C1CCCCC1)S(=O)(=O)c1cccc(C(F)(F)F)c1. The van der Waals surface area contributed by atoms with Crippen molar-refractivity contribution in [1.29, 1.82) is 0 Å². The van der Waals surface area contributed by atoms with Crippen LogP contribution >= 0.6 is 15.9 Å². The summed E-state index contributed by atoms with van der Waals surface area (Å²) in [6, 6.07) is 15.6. The first-order valence-corrected chi connectivity index (χ1v) is 16.4. The molecule has 1 saturated carbocycles. The number of hydrogen-bond acceptors (Lipinski definition) is 3. The molecule has 0 radical (unpaired) electrons. The van der Waals surface area contributed by atoms with Gasteiger partial charge < -0.3 is 9.47 Å². The lowest BCUT2D eigenvalue weighted by atomic mass is 9.94. The zero-order chi connectivity index (χ0) is 30.5. The van der Waals surface area contributed by atoms with Crippen molar-refractivity contribution in [2.24, 2.45) is 5.92 Å². The monoisotopic (exact) mass is 667 g/mol. The Morgan fingerprint density at radius 2 is 1.71 bits per heavy atom. The van der Waals surface area contributed by atoms with Gasteiger partial charge in [0.15, 0.2) is 0 Å². The summed E-state index contributed by atoms with van der Waals surface area (Å²) in [5.74, 6) is -0.501. The smallest absolute Gasteiger partial charge is 0.345 e. The molecule has 1 aliphatic carbocycles. The predicted molar refractivity (Wildman–Crippen MR) is 160 cm³/mol. The van der Waals surface area contributed by atoms with Crippen LogP contribution in [-0.2, 0) is 34.1 Å². The van der Waals surface area contributed by atoms with Gasteiger partial charge in [-0.05, 0) is 66.8 Å². The number of sulfonamides is 1. The van der Waals surface area contributed by atoms with Gasteiger partial charge in [0.25, 0.3) is 0 Å². The predicted octanol–water partition coefficient (Wildman–Crippen LogP) is 7.33. The first kappa shape index (κ1) is 32.3. The molecule has 0 saturated heterocycles. The van der Waals surface area contributed by atoms with Gasteiger partial charge in [-0.25, -0.2) is 8.42 Å². The molecule has 2 aromatic carbocycles. The van der Waals surface area contributed by atoms with Gasteiger partial charge in [0.05, 0.1) is 23.5 Å². The minimum atomic E-state index is -4.69. The largest absolute Gasteiger partial charge is 0.416 e. The van der Waals surface area contributed by atoms with Crippen molar-refractivity contribution < 1.29 is 26.4 Å². The highest BCUT2D eigenvalue weighted by Gasteiger charge is 2.35. The molecule has 228 valence electrons. The van der Waals surface area contributed by atoms with E-state index in [0.717, 1.165) is 70.3 Å². The number of hydrogen-bond donors (Lipinski definition) is 0. The molecule has 0 bridgehead atoms. The van der Waals surface area contributed by atoms with Gasteiger partial charge in [0, 0.05) is 35.5 Å². The molecule has 1 aliphatic rings. The molecule has 1 amide bonds. The van der Waals surface area contributed by atoms with Crippen molar-refractivity contribution in [3.8, 4) is 0 Å². The molecule has 11 heteroatoms. The third-order valence-electron chi connectivity index (χ3n) is 7.54. The molecular formula is C31H37BrF3N3O3S. The molecular weight excluding hydrogens is 631 g/mol. The number of rotatable bonds is 11. The molecule has 0 N–H and O–H groups in total. The number of carbonyl (C=O) groups is 1. The summed E-state index contributed by atoms with van der Waals surface area (Å²) in [6.07, 6.45) is 1.96. The van der Waals surface area contributed by atoms with Gasteiger partial charge in [-0.3, -0.25) is 4.79 Å². The van der Waals surface area contributed by atoms with E-state index in [1.165, 1.54) is 0 Å². The first-order chi connectivity index (χ1) is 19.8. The van der Waals surface area contributed by atoms with Crippen LogP contribution in [0.5, 0.6) is 0 Å². The summed E-state index contributed by atoms with van der Waals surface area (Å²) in [7, 11) is -4.38. The normalized spacial score (nSPS) is 15.0. The van der Waals surface area contributed by atoms with Crippen LogP contribution in [0, 0.1) is 5.92 Å². The Labute approximate surface area is 254 Å². The van der Waals surface area contributed by atoms with Crippen LogP contribution < -0.4 is 0 Å². The third kappa shape index (κ3) is 8.26. The molecule has 4 rings (SSSR count). The zero-order valence-electron chi connectivity index (χ0n) is 23.9. The van der Waals surface area contributed by atoms with Crippen LogP contribution in [-0.4, -0.2) is 47.2 Å². The van der Waals surface area contributed by atoms with E-state index in [9.17, 15) is 26.4 Å². The van der Waals surface area contributed by atoms with E-state index in [2.05, 4.69) is 20.5 Å². The van der Waals surface area contributed by atoms with Crippen LogP contribution in [0.2, 0.25) is 0 Å². The van der Waals surface area contributed by atoms with E-state index in [1.807, 2.05) is 56.4 Å². The van der Waals surface area contributed by atoms with E-state index in [0.29, 0.717) is 19.2 Å². The fraction of sp³-hybridized carbons (Fsp3) is 0.452. The van der Waals surface area contributed by atoms with Gasteiger partial charge in [0.2, 0.25) is 15.9 Å². The highest BCUT2D eigenvalue weighted by molar-refractivity contribution is 9.10. The lowest BCUT2D eigenvalue weighted by Crippen LogP contribution is -2.48. The van der Waals surface area contributed by atoms with Gasteiger partial charge >= 0.3 is 6.18 Å². The van der Waals surface area contributed by atoms with Crippen LogP contribution in [0.25, 0.3) is 0 Å². The summed E-state index contributed by atoms with van der Waals surface area (Å²) >= 11 is 3.46. The number of carbonyl (C=O) groups excluding carboxylic acids is 1. The Kier molecular flexibility index (Phi) is 10.6. The van der Waals surface area contributed by atoms with E-state index in [-0.39, 0.29) is 24.4 Å². The summed E-state index contributed by atoms with van der Waals surface area (Å²) in [6.45, 7) is 4.11.